The van der Waals surface area contributed by atoms with E-state index in [1.54, 1.807) is 13.0 Å². The maximum absolute atomic E-state index is 13.9. The number of ether oxygens (including phenoxy) is 1. The molecule has 2 N–H and O–H groups in total. The summed E-state index contributed by atoms with van der Waals surface area (Å²) < 4.78 is 45.7. The number of aryl methyl sites for hydroxylation is 2. The van der Waals surface area contributed by atoms with Gasteiger partial charge in [-0.25, -0.2) is 9.89 Å². The van der Waals surface area contributed by atoms with E-state index in [-0.39, 0.29) is 25.5 Å². The predicted molar refractivity (Wildman–Crippen MR) is 142 cm³/mol. The van der Waals surface area contributed by atoms with Crippen LogP contribution in [0.15, 0.2) is 48.5 Å². The highest BCUT2D eigenvalue weighted by atomic mass is 19.4. The van der Waals surface area contributed by atoms with Crippen LogP contribution in [-0.2, 0) is 28.8 Å². The zero-order chi connectivity index (χ0) is 29.4. The fourth-order valence-electron chi connectivity index (χ4n) is 4.28. The van der Waals surface area contributed by atoms with Crippen LogP contribution in [0.3, 0.4) is 0 Å². The molecular formula is C28H36F3N4O4+. The molecule has 3 aromatic rings. The molecular weight excluding hydrogens is 513 g/mol. The summed E-state index contributed by atoms with van der Waals surface area (Å²) in [6.07, 6.45) is -4.84. The van der Waals surface area contributed by atoms with Gasteiger partial charge in [-0.2, -0.15) is 18.3 Å². The summed E-state index contributed by atoms with van der Waals surface area (Å²) in [7, 11) is 1.31. The number of benzene rings is 2. The van der Waals surface area contributed by atoms with Crippen molar-refractivity contribution in [2.75, 3.05) is 13.7 Å². The van der Waals surface area contributed by atoms with Crippen molar-refractivity contribution in [3.05, 3.63) is 82.0 Å². The molecule has 1 aromatic heterocycles. The van der Waals surface area contributed by atoms with Gasteiger partial charge in [0, 0.05) is 5.56 Å². The first-order valence-electron chi connectivity index (χ1n) is 12.6. The molecule has 0 saturated heterocycles. The molecule has 4 rings (SSSR count). The molecule has 1 amide bonds. The Bertz CT molecular complexity index is 1260. The minimum absolute atomic E-state index is 0.0263. The Balaban J connectivity index is 0.000000815. The van der Waals surface area contributed by atoms with Crippen molar-refractivity contribution in [2.24, 2.45) is 0 Å². The summed E-state index contributed by atoms with van der Waals surface area (Å²) in [4.78, 5) is 22.1. The fraction of sp³-hybridized carbons (Fsp3) is 0.393. The average molecular weight is 550 g/mol. The number of aromatic nitrogens is 2. The van der Waals surface area contributed by atoms with E-state index in [4.69, 9.17) is 4.79 Å². The number of amides is 1. The van der Waals surface area contributed by atoms with Crippen molar-refractivity contribution in [1.29, 1.82) is 0 Å². The van der Waals surface area contributed by atoms with Gasteiger partial charge in [0.2, 0.25) is 0 Å². The third kappa shape index (κ3) is 7.67. The van der Waals surface area contributed by atoms with Crippen LogP contribution in [0.25, 0.3) is 0 Å². The molecule has 0 bridgehead atoms. The second-order valence-corrected chi connectivity index (χ2v) is 9.00. The Hall–Kier alpha value is -3.70. The first-order valence-corrected chi connectivity index (χ1v) is 12.6. The first-order chi connectivity index (χ1) is 18.4. The van der Waals surface area contributed by atoms with Gasteiger partial charge in [-0.05, 0) is 26.3 Å². The lowest BCUT2D eigenvalue weighted by atomic mass is 10.1. The molecule has 0 saturated carbocycles. The summed E-state index contributed by atoms with van der Waals surface area (Å²) in [6, 6.07) is 14.2. The molecule has 0 radical (unpaired) electrons. The Labute approximate surface area is 226 Å². The Morgan fingerprint density at radius 3 is 2.33 bits per heavy atom. The van der Waals surface area contributed by atoms with Gasteiger partial charge >= 0.3 is 6.18 Å². The van der Waals surface area contributed by atoms with Crippen molar-refractivity contribution < 1.29 is 32.7 Å². The van der Waals surface area contributed by atoms with Gasteiger partial charge in [0.25, 0.3) is 18.2 Å². The molecule has 2 aromatic carbocycles. The van der Waals surface area contributed by atoms with Crippen LogP contribution in [0, 0.1) is 13.8 Å². The number of carbonyl (C=O) groups excluding carboxylic acids is 2. The Morgan fingerprint density at radius 2 is 1.79 bits per heavy atom. The predicted octanol–water partition coefficient (Wildman–Crippen LogP) is 5.74. The average Bonchev–Trinajstić information content (AvgIpc) is 3.44. The lowest BCUT2D eigenvalue weighted by Crippen LogP contribution is -2.45. The number of methoxy groups -OCH3 is 1. The number of rotatable bonds is 6. The molecule has 1 aliphatic heterocycles. The van der Waals surface area contributed by atoms with Crippen LogP contribution < -0.4 is 9.96 Å². The topological polar surface area (TPSA) is 93.5 Å². The second kappa shape index (κ2) is 13.4. The minimum atomic E-state index is -4.84. The van der Waals surface area contributed by atoms with Crippen molar-refractivity contribution in [3.63, 3.8) is 0 Å². The minimum Gasteiger partial charge on any atom is -0.471 e. The van der Waals surface area contributed by atoms with E-state index in [0.717, 1.165) is 26.9 Å². The van der Waals surface area contributed by atoms with Gasteiger partial charge in [0.05, 0.1) is 19.7 Å². The number of hydroxylamine groups is 2. The zero-order valence-electron chi connectivity index (χ0n) is 23.0. The normalized spacial score (nSPS) is 16.6. The highest BCUT2D eigenvalue weighted by molar-refractivity contribution is 6.00. The van der Waals surface area contributed by atoms with Crippen LogP contribution in [0.1, 0.15) is 65.1 Å². The van der Waals surface area contributed by atoms with Crippen molar-refractivity contribution in [2.45, 2.75) is 59.9 Å². The summed E-state index contributed by atoms with van der Waals surface area (Å²) >= 11 is 0. The fourth-order valence-corrected chi connectivity index (χ4v) is 4.28. The molecule has 2 heterocycles. The number of hydrogen-bond donors (Lipinski definition) is 2. The first kappa shape index (κ1) is 31.5. The van der Waals surface area contributed by atoms with Gasteiger partial charge in [0.15, 0.2) is 11.3 Å². The number of hydrogen-bond acceptors (Lipinski definition) is 5. The van der Waals surface area contributed by atoms with Crippen LogP contribution in [-0.4, -0.2) is 41.0 Å². The van der Waals surface area contributed by atoms with E-state index in [1.807, 2.05) is 70.2 Å². The lowest BCUT2D eigenvalue weighted by molar-refractivity contribution is -0.142. The van der Waals surface area contributed by atoms with Crippen LogP contribution in [0.5, 0.6) is 0 Å². The van der Waals surface area contributed by atoms with E-state index in [1.165, 1.54) is 7.11 Å². The molecule has 0 spiro atoms. The van der Waals surface area contributed by atoms with Gasteiger partial charge < -0.3 is 10.1 Å². The van der Waals surface area contributed by atoms with E-state index >= 15 is 0 Å². The summed E-state index contributed by atoms with van der Waals surface area (Å²) in [5, 5.41) is 17.7. The summed E-state index contributed by atoms with van der Waals surface area (Å²) in [6.45, 7) is 10.1. The monoisotopic (exact) mass is 549 g/mol. The molecule has 212 valence electrons. The Morgan fingerprint density at radius 1 is 1.18 bits per heavy atom. The van der Waals surface area contributed by atoms with Crippen molar-refractivity contribution in [3.8, 4) is 0 Å². The van der Waals surface area contributed by atoms with Gasteiger partial charge in [-0.3, -0.25) is 9.59 Å². The number of quaternary nitrogens is 1. The number of halogens is 3. The van der Waals surface area contributed by atoms with Gasteiger partial charge in [-0.15, -0.1) is 4.65 Å². The zero-order valence-corrected chi connectivity index (χ0v) is 23.0. The third-order valence-electron chi connectivity index (χ3n) is 6.04. The van der Waals surface area contributed by atoms with E-state index in [2.05, 4.69) is 15.2 Å². The highest BCUT2D eigenvalue weighted by Gasteiger charge is 2.51. The molecule has 0 aliphatic carbocycles. The molecule has 8 nitrogen and oxygen atoms in total. The van der Waals surface area contributed by atoms with Crippen molar-refractivity contribution in [1.82, 2.24) is 19.7 Å². The standard InChI is InChI=1S/C24H25F3N4O2.C2H4O2.C2H6/c1-15-7-9-19(10-8-15)17(3)28-22(32)20-21(24(25,26)27)29-30-11-12-31(33,23(20)30)14-18-6-4-5-16(2)13-18;1-4-2-3;1-2/h4-10,13,17,33H,11-12,14H2,1-3H3;2H,1H3;1-2H3/p+1. The molecule has 1 aliphatic rings. The number of carbonyl (C=O) groups is 2. The molecule has 2 unspecified atom stereocenters. The number of nitrogens with zero attached hydrogens (tertiary/aromatic N) is 3. The van der Waals surface area contributed by atoms with Crippen LogP contribution in [0.4, 0.5) is 19.0 Å². The maximum atomic E-state index is 13.9. The van der Waals surface area contributed by atoms with E-state index in [0.29, 0.717) is 6.47 Å². The van der Waals surface area contributed by atoms with Crippen LogP contribution in [0.2, 0.25) is 0 Å². The molecule has 2 atom stereocenters. The molecule has 0 fully saturated rings. The third-order valence-corrected chi connectivity index (χ3v) is 6.04. The van der Waals surface area contributed by atoms with Crippen LogP contribution >= 0.6 is 0 Å². The summed E-state index contributed by atoms with van der Waals surface area (Å²) in [5.41, 5.74) is 1.59. The highest BCUT2D eigenvalue weighted by Crippen LogP contribution is 2.41. The summed E-state index contributed by atoms with van der Waals surface area (Å²) in [5.74, 6) is -1.06. The van der Waals surface area contributed by atoms with Gasteiger partial charge in [0.1, 0.15) is 13.1 Å². The lowest BCUT2D eigenvalue weighted by Gasteiger charge is -2.25. The SMILES string of the molecule is CC.COC=O.Cc1ccc(C(C)NC(=O)c2c(C(F)(F)F)nn3c2[N+](O)(Cc2cccc(C)c2)CC3)cc1. The van der Waals surface area contributed by atoms with E-state index < -0.39 is 34.0 Å². The second-order valence-electron chi connectivity index (χ2n) is 9.00. The van der Waals surface area contributed by atoms with E-state index in [9.17, 15) is 23.2 Å². The molecule has 11 heteroatoms. The number of nitrogens with one attached hydrogen (secondary N) is 1. The van der Waals surface area contributed by atoms with Crippen molar-refractivity contribution >= 4 is 18.2 Å². The number of fused-ring (bicyclic) bond motifs is 1. The quantitative estimate of drug-likeness (QED) is 0.302. The largest absolute Gasteiger partial charge is 0.471 e. The Kier molecular flexibility index (Phi) is 10.8. The smallest absolute Gasteiger partial charge is 0.436 e. The molecule has 39 heavy (non-hydrogen) atoms. The van der Waals surface area contributed by atoms with Gasteiger partial charge in [-0.1, -0.05) is 73.5 Å². The number of alkyl halides is 3. The maximum Gasteiger partial charge on any atom is 0.436 e.